The molecule has 0 radical (unpaired) electrons. The lowest BCUT2D eigenvalue weighted by Crippen LogP contribution is -2.51. The quantitative estimate of drug-likeness (QED) is 0.852. The molecule has 3 heteroatoms. The van der Waals surface area contributed by atoms with Gasteiger partial charge in [-0.1, -0.05) is 33.1 Å². The second-order valence-corrected chi connectivity index (χ2v) is 7.35. The fourth-order valence-electron chi connectivity index (χ4n) is 3.78. The normalized spacial score (nSPS) is 26.2. The second kappa shape index (κ2) is 5.82. The van der Waals surface area contributed by atoms with E-state index >= 15 is 0 Å². The van der Waals surface area contributed by atoms with E-state index < -0.39 is 0 Å². The number of hydrogen-bond donors (Lipinski definition) is 1. The van der Waals surface area contributed by atoms with Crippen LogP contribution in [0.4, 0.5) is 0 Å². The third kappa shape index (κ3) is 3.71. The molecule has 19 heavy (non-hydrogen) atoms. The number of piperidine rings is 1. The van der Waals surface area contributed by atoms with Crippen LogP contribution in [0.3, 0.4) is 0 Å². The Kier molecular flexibility index (Phi) is 4.54. The molecule has 1 aliphatic heterocycles. The Balaban J connectivity index is 1.95. The van der Waals surface area contributed by atoms with Gasteiger partial charge in [-0.25, -0.2) is 0 Å². The molecule has 1 saturated heterocycles. The molecule has 0 aromatic rings. The summed E-state index contributed by atoms with van der Waals surface area (Å²) < 4.78 is 0. The largest absolute Gasteiger partial charge is 0.342 e. The first kappa shape index (κ1) is 14.8. The van der Waals surface area contributed by atoms with Crippen LogP contribution in [0.1, 0.15) is 65.2 Å². The Bertz CT molecular complexity index is 319. The number of hydrogen-bond acceptors (Lipinski definition) is 2. The number of nitrogens with one attached hydrogen (secondary N) is 1. The summed E-state index contributed by atoms with van der Waals surface area (Å²) in [5.74, 6) is 0.365. The number of likely N-dealkylation sites (tertiary alicyclic amines) is 1. The van der Waals surface area contributed by atoms with Gasteiger partial charge in [-0.3, -0.25) is 4.79 Å². The molecule has 1 aliphatic carbocycles. The Hall–Kier alpha value is -0.570. The predicted molar refractivity (Wildman–Crippen MR) is 79.1 cm³/mol. The van der Waals surface area contributed by atoms with Crippen molar-refractivity contribution < 1.29 is 4.79 Å². The Morgan fingerprint density at radius 3 is 2.37 bits per heavy atom. The minimum absolute atomic E-state index is 0.0803. The van der Waals surface area contributed by atoms with Gasteiger partial charge < -0.3 is 10.2 Å². The van der Waals surface area contributed by atoms with Crippen molar-refractivity contribution in [1.29, 1.82) is 0 Å². The molecule has 0 aromatic carbocycles. The van der Waals surface area contributed by atoms with Gasteiger partial charge in [0.2, 0.25) is 5.91 Å². The van der Waals surface area contributed by atoms with Gasteiger partial charge in [-0.2, -0.15) is 0 Å². The van der Waals surface area contributed by atoms with Crippen molar-refractivity contribution in [3.05, 3.63) is 0 Å². The van der Waals surface area contributed by atoms with E-state index in [1.807, 2.05) is 7.05 Å². The molecule has 1 saturated carbocycles. The van der Waals surface area contributed by atoms with Crippen LogP contribution in [-0.2, 0) is 4.79 Å². The van der Waals surface area contributed by atoms with E-state index in [0.29, 0.717) is 17.7 Å². The van der Waals surface area contributed by atoms with E-state index in [1.165, 1.54) is 25.7 Å². The fourth-order valence-corrected chi connectivity index (χ4v) is 3.78. The number of carbonyl (C=O) groups is 1. The van der Waals surface area contributed by atoms with E-state index in [1.54, 1.807) is 0 Å². The molecule has 110 valence electrons. The van der Waals surface area contributed by atoms with Gasteiger partial charge in [-0.15, -0.1) is 0 Å². The maximum absolute atomic E-state index is 12.6. The summed E-state index contributed by atoms with van der Waals surface area (Å²) >= 11 is 0. The van der Waals surface area contributed by atoms with Crippen LogP contribution in [-0.4, -0.2) is 36.5 Å². The SMILES string of the molecule is CNC1(CC(=O)N2CCCC(C)(C)C2)CCCCC1. The molecule has 2 rings (SSSR count). The second-order valence-electron chi connectivity index (χ2n) is 7.35. The molecule has 0 bridgehead atoms. The molecule has 2 fully saturated rings. The van der Waals surface area contributed by atoms with Gasteiger partial charge in [0.05, 0.1) is 0 Å². The van der Waals surface area contributed by atoms with Gasteiger partial charge in [0, 0.05) is 25.0 Å². The van der Waals surface area contributed by atoms with Crippen LogP contribution in [0.15, 0.2) is 0 Å². The highest BCUT2D eigenvalue weighted by atomic mass is 16.2. The van der Waals surface area contributed by atoms with Crippen molar-refractivity contribution in [2.75, 3.05) is 20.1 Å². The Morgan fingerprint density at radius 2 is 1.79 bits per heavy atom. The number of rotatable bonds is 3. The Labute approximate surface area is 118 Å². The van der Waals surface area contributed by atoms with Crippen LogP contribution in [0.25, 0.3) is 0 Å². The summed E-state index contributed by atoms with van der Waals surface area (Å²) in [5, 5.41) is 3.46. The zero-order chi connectivity index (χ0) is 13.9. The molecule has 3 nitrogen and oxygen atoms in total. The van der Waals surface area contributed by atoms with Gasteiger partial charge >= 0.3 is 0 Å². The van der Waals surface area contributed by atoms with Crippen molar-refractivity contribution in [2.24, 2.45) is 5.41 Å². The zero-order valence-corrected chi connectivity index (χ0v) is 12.9. The molecule has 0 spiro atoms. The van der Waals surface area contributed by atoms with Crippen LogP contribution in [0, 0.1) is 5.41 Å². The van der Waals surface area contributed by atoms with Crippen molar-refractivity contribution in [2.45, 2.75) is 70.8 Å². The minimum atomic E-state index is 0.0803. The van der Waals surface area contributed by atoms with Crippen molar-refractivity contribution >= 4 is 5.91 Å². The lowest BCUT2D eigenvalue weighted by molar-refractivity contribution is -0.136. The third-order valence-corrected chi connectivity index (χ3v) is 5.08. The van der Waals surface area contributed by atoms with E-state index in [-0.39, 0.29) is 5.54 Å². The van der Waals surface area contributed by atoms with Crippen LogP contribution < -0.4 is 5.32 Å². The molecular weight excluding hydrogens is 236 g/mol. The first-order valence-electron chi connectivity index (χ1n) is 7.93. The summed E-state index contributed by atoms with van der Waals surface area (Å²) in [6, 6.07) is 0. The molecule has 0 unspecified atom stereocenters. The molecular formula is C16H30N2O. The van der Waals surface area contributed by atoms with Crippen LogP contribution in [0.5, 0.6) is 0 Å². The van der Waals surface area contributed by atoms with E-state index in [4.69, 9.17) is 0 Å². The average Bonchev–Trinajstić information content (AvgIpc) is 2.38. The number of nitrogens with zero attached hydrogens (tertiary/aromatic N) is 1. The van der Waals surface area contributed by atoms with Crippen LogP contribution >= 0.6 is 0 Å². The topological polar surface area (TPSA) is 32.3 Å². The highest BCUT2D eigenvalue weighted by Gasteiger charge is 2.36. The first-order valence-corrected chi connectivity index (χ1v) is 7.93. The predicted octanol–water partition coefficient (Wildman–Crippen LogP) is 2.95. The monoisotopic (exact) mass is 266 g/mol. The maximum atomic E-state index is 12.6. The van der Waals surface area contributed by atoms with Gasteiger partial charge in [0.1, 0.15) is 0 Å². The van der Waals surface area contributed by atoms with Crippen LogP contribution in [0.2, 0.25) is 0 Å². The van der Waals surface area contributed by atoms with E-state index in [9.17, 15) is 4.79 Å². The van der Waals surface area contributed by atoms with Gasteiger partial charge in [0.25, 0.3) is 0 Å². The van der Waals surface area contributed by atoms with Gasteiger partial charge in [0.15, 0.2) is 0 Å². The van der Waals surface area contributed by atoms with Crippen molar-refractivity contribution in [3.8, 4) is 0 Å². The molecule has 1 heterocycles. The lowest BCUT2D eigenvalue weighted by atomic mass is 9.78. The molecule has 0 aromatic heterocycles. The summed E-state index contributed by atoms with van der Waals surface area (Å²) in [6.45, 7) is 6.45. The van der Waals surface area contributed by atoms with Gasteiger partial charge in [-0.05, 0) is 38.1 Å². The maximum Gasteiger partial charge on any atom is 0.224 e. The molecule has 1 amide bonds. The molecule has 1 N–H and O–H groups in total. The summed E-state index contributed by atoms with van der Waals surface area (Å²) in [5.41, 5.74) is 0.379. The number of carbonyl (C=O) groups excluding carboxylic acids is 1. The smallest absolute Gasteiger partial charge is 0.224 e. The fraction of sp³-hybridized carbons (Fsp3) is 0.938. The summed E-state index contributed by atoms with van der Waals surface area (Å²) in [4.78, 5) is 14.7. The van der Waals surface area contributed by atoms with E-state index in [0.717, 1.165) is 32.4 Å². The average molecular weight is 266 g/mol. The minimum Gasteiger partial charge on any atom is -0.342 e. The summed E-state index contributed by atoms with van der Waals surface area (Å²) in [7, 11) is 2.03. The number of amides is 1. The standard InChI is InChI=1S/C16H30N2O/c1-15(2)8-7-11-18(13-15)14(19)12-16(17-3)9-5-4-6-10-16/h17H,4-13H2,1-3H3. The molecule has 2 aliphatic rings. The van der Waals surface area contributed by atoms with E-state index in [2.05, 4.69) is 24.1 Å². The van der Waals surface area contributed by atoms with Crippen molar-refractivity contribution in [3.63, 3.8) is 0 Å². The van der Waals surface area contributed by atoms with Crippen molar-refractivity contribution in [1.82, 2.24) is 10.2 Å². The zero-order valence-electron chi connectivity index (χ0n) is 12.9. The highest BCUT2D eigenvalue weighted by molar-refractivity contribution is 5.77. The highest BCUT2D eigenvalue weighted by Crippen LogP contribution is 2.33. The summed E-state index contributed by atoms with van der Waals surface area (Å²) in [6.07, 6.45) is 9.27. The molecule has 0 atom stereocenters. The lowest BCUT2D eigenvalue weighted by Gasteiger charge is -2.42. The third-order valence-electron chi connectivity index (χ3n) is 5.08. The first-order chi connectivity index (χ1) is 8.96. The Morgan fingerprint density at radius 1 is 1.11 bits per heavy atom.